The van der Waals surface area contributed by atoms with Gasteiger partial charge in [-0.2, -0.15) is 5.10 Å². The standard InChI is InChI=1S/C21H21N5O2S/c27-21(23-11-15-5-7-25-8-6-22-20(25)10-15)19-4-3-18(29-19)16-12-24-26(13-16)14-17-2-1-9-28-17/h3-8,10,12-13,17H,1-2,9,11,14H2,(H,23,27)/t17-/m1/s1. The van der Waals surface area contributed by atoms with Gasteiger partial charge in [-0.05, 0) is 42.7 Å². The van der Waals surface area contributed by atoms with Crippen molar-refractivity contribution in [3.05, 3.63) is 65.7 Å². The van der Waals surface area contributed by atoms with Gasteiger partial charge in [-0.1, -0.05) is 0 Å². The van der Waals surface area contributed by atoms with Gasteiger partial charge in [-0.3, -0.25) is 9.48 Å². The van der Waals surface area contributed by atoms with E-state index in [1.165, 1.54) is 11.3 Å². The van der Waals surface area contributed by atoms with Crippen molar-refractivity contribution in [2.45, 2.75) is 32.0 Å². The fourth-order valence-corrected chi connectivity index (χ4v) is 4.43. The molecule has 1 saturated heterocycles. The number of pyridine rings is 1. The van der Waals surface area contributed by atoms with Crippen molar-refractivity contribution in [1.82, 2.24) is 24.5 Å². The predicted molar refractivity (Wildman–Crippen MR) is 111 cm³/mol. The number of rotatable bonds is 6. The summed E-state index contributed by atoms with van der Waals surface area (Å²) >= 11 is 1.48. The van der Waals surface area contributed by atoms with Crippen LogP contribution in [0.2, 0.25) is 0 Å². The maximum atomic E-state index is 12.6. The van der Waals surface area contributed by atoms with Crippen molar-refractivity contribution in [1.29, 1.82) is 0 Å². The number of carbonyl (C=O) groups excluding carboxylic acids is 1. The summed E-state index contributed by atoms with van der Waals surface area (Å²) in [6, 6.07) is 7.80. The Labute approximate surface area is 172 Å². The van der Waals surface area contributed by atoms with Crippen LogP contribution in [-0.2, 0) is 17.8 Å². The first kappa shape index (κ1) is 18.1. The lowest BCUT2D eigenvalue weighted by Crippen LogP contribution is -2.21. The molecule has 7 nitrogen and oxygen atoms in total. The minimum absolute atomic E-state index is 0.0730. The molecule has 0 unspecified atom stereocenters. The Kier molecular flexibility index (Phi) is 4.87. The molecule has 1 amide bonds. The molecule has 0 bridgehead atoms. The van der Waals surface area contributed by atoms with Gasteiger partial charge >= 0.3 is 0 Å². The van der Waals surface area contributed by atoms with E-state index < -0.39 is 0 Å². The minimum Gasteiger partial charge on any atom is -0.376 e. The summed E-state index contributed by atoms with van der Waals surface area (Å²) < 4.78 is 9.54. The van der Waals surface area contributed by atoms with E-state index in [2.05, 4.69) is 15.4 Å². The van der Waals surface area contributed by atoms with Crippen LogP contribution >= 0.6 is 11.3 Å². The van der Waals surface area contributed by atoms with Crippen LogP contribution in [0.5, 0.6) is 0 Å². The number of aromatic nitrogens is 4. The summed E-state index contributed by atoms with van der Waals surface area (Å²) in [6.07, 6.45) is 11.9. The van der Waals surface area contributed by atoms with Crippen LogP contribution in [0.25, 0.3) is 16.1 Å². The lowest BCUT2D eigenvalue weighted by Gasteiger charge is -2.08. The second-order valence-corrected chi connectivity index (χ2v) is 8.24. The van der Waals surface area contributed by atoms with Crippen molar-refractivity contribution in [2.75, 3.05) is 6.61 Å². The van der Waals surface area contributed by atoms with Crippen LogP contribution in [-0.4, -0.2) is 37.8 Å². The third kappa shape index (κ3) is 3.94. The first-order valence-corrected chi connectivity index (χ1v) is 10.5. The quantitative estimate of drug-likeness (QED) is 0.532. The lowest BCUT2D eigenvalue weighted by molar-refractivity contribution is 0.0939. The Hall–Kier alpha value is -2.97. The molecule has 5 heterocycles. The van der Waals surface area contributed by atoms with Crippen molar-refractivity contribution in [2.24, 2.45) is 0 Å². The molecule has 5 rings (SSSR count). The smallest absolute Gasteiger partial charge is 0.261 e. The Balaban J connectivity index is 1.22. The van der Waals surface area contributed by atoms with Gasteiger partial charge in [0.05, 0.1) is 23.7 Å². The monoisotopic (exact) mass is 407 g/mol. The van der Waals surface area contributed by atoms with Crippen molar-refractivity contribution < 1.29 is 9.53 Å². The molecule has 1 fully saturated rings. The SMILES string of the molecule is O=C(NCc1ccn2ccnc2c1)c1ccc(-c2cnn(C[C@H]3CCCO3)c2)s1. The fourth-order valence-electron chi connectivity index (χ4n) is 3.53. The van der Waals surface area contributed by atoms with Crippen LogP contribution in [0.4, 0.5) is 0 Å². The summed E-state index contributed by atoms with van der Waals surface area (Å²) in [5, 5.41) is 7.43. The number of carbonyl (C=O) groups is 1. The number of nitrogens with one attached hydrogen (secondary N) is 1. The average molecular weight is 407 g/mol. The molecule has 148 valence electrons. The van der Waals surface area contributed by atoms with E-state index in [-0.39, 0.29) is 12.0 Å². The fraction of sp³-hybridized carbons (Fsp3) is 0.286. The van der Waals surface area contributed by atoms with Gasteiger partial charge in [-0.15, -0.1) is 11.3 Å². The largest absolute Gasteiger partial charge is 0.376 e. The Morgan fingerprint density at radius 1 is 1.31 bits per heavy atom. The number of nitrogens with zero attached hydrogens (tertiary/aromatic N) is 4. The van der Waals surface area contributed by atoms with Crippen molar-refractivity contribution in [3.8, 4) is 10.4 Å². The molecular formula is C21H21N5O2S. The average Bonchev–Trinajstić information content (AvgIpc) is 3.53. The first-order chi connectivity index (χ1) is 14.2. The molecule has 1 aliphatic heterocycles. The van der Waals surface area contributed by atoms with Crippen molar-refractivity contribution >= 4 is 22.9 Å². The van der Waals surface area contributed by atoms with E-state index in [1.54, 1.807) is 6.20 Å². The van der Waals surface area contributed by atoms with Crippen LogP contribution in [0.1, 0.15) is 28.1 Å². The highest BCUT2D eigenvalue weighted by Gasteiger charge is 2.17. The molecule has 0 aromatic carbocycles. The number of fused-ring (bicyclic) bond motifs is 1. The summed E-state index contributed by atoms with van der Waals surface area (Å²) in [6.45, 7) is 2.09. The molecule has 1 N–H and O–H groups in total. The van der Waals surface area contributed by atoms with E-state index in [4.69, 9.17) is 4.74 Å². The molecule has 0 aliphatic carbocycles. The molecule has 1 aliphatic rings. The highest BCUT2D eigenvalue weighted by atomic mass is 32.1. The number of hydrogen-bond acceptors (Lipinski definition) is 5. The summed E-state index contributed by atoms with van der Waals surface area (Å²) in [5.74, 6) is -0.0730. The summed E-state index contributed by atoms with van der Waals surface area (Å²) in [4.78, 5) is 18.5. The Morgan fingerprint density at radius 2 is 2.28 bits per heavy atom. The molecule has 8 heteroatoms. The second kappa shape index (κ2) is 7.81. The van der Waals surface area contributed by atoms with E-state index >= 15 is 0 Å². The zero-order valence-corrected chi connectivity index (χ0v) is 16.6. The van der Waals surface area contributed by atoms with Crippen LogP contribution < -0.4 is 5.32 Å². The van der Waals surface area contributed by atoms with Gasteiger partial charge < -0.3 is 14.5 Å². The molecule has 0 radical (unpaired) electrons. The normalized spacial score (nSPS) is 16.5. The van der Waals surface area contributed by atoms with E-state index in [1.807, 2.05) is 58.1 Å². The number of hydrogen-bond donors (Lipinski definition) is 1. The molecule has 29 heavy (non-hydrogen) atoms. The van der Waals surface area contributed by atoms with Gasteiger partial charge in [0.1, 0.15) is 5.65 Å². The molecule has 1 atom stereocenters. The zero-order valence-electron chi connectivity index (χ0n) is 15.8. The number of thiophene rings is 1. The molecule has 0 saturated carbocycles. The van der Waals surface area contributed by atoms with E-state index in [0.717, 1.165) is 47.6 Å². The topological polar surface area (TPSA) is 73.5 Å². The van der Waals surface area contributed by atoms with E-state index in [9.17, 15) is 4.79 Å². The lowest BCUT2D eigenvalue weighted by atomic mass is 10.2. The van der Waals surface area contributed by atoms with Crippen LogP contribution in [0, 0.1) is 0 Å². The predicted octanol–water partition coefficient (Wildman–Crippen LogP) is 3.37. The highest BCUT2D eigenvalue weighted by molar-refractivity contribution is 7.17. The number of imidazole rings is 1. The van der Waals surface area contributed by atoms with E-state index in [0.29, 0.717) is 11.4 Å². The molecular weight excluding hydrogens is 386 g/mol. The highest BCUT2D eigenvalue weighted by Crippen LogP contribution is 2.28. The summed E-state index contributed by atoms with van der Waals surface area (Å²) in [7, 11) is 0. The number of ether oxygens (including phenoxy) is 1. The second-order valence-electron chi connectivity index (χ2n) is 7.16. The maximum Gasteiger partial charge on any atom is 0.261 e. The van der Waals surface area contributed by atoms with Crippen molar-refractivity contribution in [3.63, 3.8) is 0 Å². The maximum absolute atomic E-state index is 12.6. The van der Waals surface area contributed by atoms with Gasteiger partial charge in [0.2, 0.25) is 0 Å². The van der Waals surface area contributed by atoms with Gasteiger partial charge in [0, 0.05) is 48.4 Å². The zero-order chi connectivity index (χ0) is 19.6. The van der Waals surface area contributed by atoms with Crippen LogP contribution in [0.3, 0.4) is 0 Å². The van der Waals surface area contributed by atoms with Gasteiger partial charge in [-0.25, -0.2) is 4.98 Å². The van der Waals surface area contributed by atoms with Gasteiger partial charge in [0.25, 0.3) is 5.91 Å². The third-order valence-corrected chi connectivity index (χ3v) is 6.21. The number of amides is 1. The third-order valence-electron chi connectivity index (χ3n) is 5.08. The summed E-state index contributed by atoms with van der Waals surface area (Å²) in [5.41, 5.74) is 2.91. The van der Waals surface area contributed by atoms with Gasteiger partial charge in [0.15, 0.2) is 0 Å². The first-order valence-electron chi connectivity index (χ1n) is 9.69. The minimum atomic E-state index is -0.0730. The Morgan fingerprint density at radius 3 is 3.17 bits per heavy atom. The van der Waals surface area contributed by atoms with Crippen LogP contribution in [0.15, 0.2) is 55.2 Å². The molecule has 4 aromatic heterocycles. The molecule has 0 spiro atoms. The Bertz CT molecular complexity index is 1140. The molecule has 4 aromatic rings.